The van der Waals surface area contributed by atoms with Crippen LogP contribution in [0.25, 0.3) is 0 Å². The number of nitrogens with one attached hydrogen (secondary N) is 2. The lowest BCUT2D eigenvalue weighted by molar-refractivity contribution is 0.197. The second kappa shape index (κ2) is 9.40. The van der Waals surface area contributed by atoms with Gasteiger partial charge in [-0.3, -0.25) is 4.99 Å². The molecule has 1 fully saturated rings. The minimum absolute atomic E-state index is 0.441. The van der Waals surface area contributed by atoms with Gasteiger partial charge in [0.1, 0.15) is 0 Å². The molecule has 1 aromatic rings. The van der Waals surface area contributed by atoms with Crippen molar-refractivity contribution in [2.75, 3.05) is 44.8 Å². The number of hydrogen-bond donors (Lipinski definition) is 2. The van der Waals surface area contributed by atoms with Crippen LogP contribution in [0.4, 0.5) is 5.69 Å². The number of ether oxygens (including phenoxy) is 1. The van der Waals surface area contributed by atoms with Gasteiger partial charge in [-0.25, -0.2) is 0 Å². The summed E-state index contributed by atoms with van der Waals surface area (Å²) >= 11 is 0. The van der Waals surface area contributed by atoms with Crippen molar-refractivity contribution in [1.82, 2.24) is 10.6 Å². The van der Waals surface area contributed by atoms with Crippen LogP contribution in [-0.2, 0) is 4.74 Å². The highest BCUT2D eigenvalue weighted by molar-refractivity contribution is 5.80. The number of aliphatic imine (C=N–C) groups is 1. The van der Waals surface area contributed by atoms with E-state index >= 15 is 0 Å². The fraction of sp³-hybridized carbons (Fsp3) is 0.611. The third-order valence-electron chi connectivity index (χ3n) is 4.05. The van der Waals surface area contributed by atoms with Crippen molar-refractivity contribution in [1.29, 1.82) is 0 Å². The maximum absolute atomic E-state index is 5.07. The van der Waals surface area contributed by atoms with Crippen molar-refractivity contribution >= 4 is 11.6 Å². The topological polar surface area (TPSA) is 48.9 Å². The van der Waals surface area contributed by atoms with Crippen LogP contribution in [0.5, 0.6) is 0 Å². The van der Waals surface area contributed by atoms with Crippen LogP contribution >= 0.6 is 0 Å². The van der Waals surface area contributed by atoms with Crippen LogP contribution in [0.15, 0.2) is 29.3 Å². The molecule has 2 rings (SSSR count). The van der Waals surface area contributed by atoms with Crippen LogP contribution < -0.4 is 15.5 Å². The third kappa shape index (κ3) is 5.75. The standard InChI is InChI=1S/C18H30N4O/c1-4-19-18(20-11-5-13-23-3)21-16-10-12-22(14-16)17-8-6-15(2)7-9-17/h6-9,16H,4-5,10-14H2,1-3H3,(H2,19,20,21). The van der Waals surface area contributed by atoms with Gasteiger partial charge in [0.15, 0.2) is 5.96 Å². The molecular formula is C18H30N4O. The van der Waals surface area contributed by atoms with Crippen LogP contribution in [0, 0.1) is 6.92 Å². The molecule has 1 saturated heterocycles. The Kier molecular flexibility index (Phi) is 7.20. The molecule has 1 aromatic carbocycles. The fourth-order valence-corrected chi connectivity index (χ4v) is 2.78. The minimum Gasteiger partial charge on any atom is -0.385 e. The van der Waals surface area contributed by atoms with Gasteiger partial charge in [-0.15, -0.1) is 0 Å². The highest BCUT2D eigenvalue weighted by atomic mass is 16.5. The molecule has 0 aromatic heterocycles. The smallest absolute Gasteiger partial charge is 0.191 e. The lowest BCUT2D eigenvalue weighted by atomic mass is 10.2. The monoisotopic (exact) mass is 318 g/mol. The van der Waals surface area contributed by atoms with E-state index in [1.165, 1.54) is 11.3 Å². The van der Waals surface area contributed by atoms with Gasteiger partial charge in [0.2, 0.25) is 0 Å². The number of rotatable bonds is 7. The predicted molar refractivity (Wildman–Crippen MR) is 97.4 cm³/mol. The summed E-state index contributed by atoms with van der Waals surface area (Å²) < 4.78 is 5.07. The summed E-state index contributed by atoms with van der Waals surface area (Å²) in [6.07, 6.45) is 2.09. The van der Waals surface area contributed by atoms with Crippen LogP contribution in [0.2, 0.25) is 0 Å². The van der Waals surface area contributed by atoms with Gasteiger partial charge in [-0.05, 0) is 38.8 Å². The van der Waals surface area contributed by atoms with E-state index in [9.17, 15) is 0 Å². The third-order valence-corrected chi connectivity index (χ3v) is 4.05. The molecule has 5 heteroatoms. The van der Waals surface area contributed by atoms with Crippen molar-refractivity contribution in [2.45, 2.75) is 32.7 Å². The van der Waals surface area contributed by atoms with Gasteiger partial charge in [-0.2, -0.15) is 0 Å². The number of guanidine groups is 1. The summed E-state index contributed by atoms with van der Waals surface area (Å²) in [6, 6.07) is 9.22. The number of benzene rings is 1. The Morgan fingerprint density at radius 3 is 2.83 bits per heavy atom. The molecular weight excluding hydrogens is 288 g/mol. The summed E-state index contributed by atoms with van der Waals surface area (Å²) in [4.78, 5) is 7.06. The molecule has 1 unspecified atom stereocenters. The molecule has 5 nitrogen and oxygen atoms in total. The second-order valence-electron chi connectivity index (χ2n) is 6.02. The minimum atomic E-state index is 0.441. The lowest BCUT2D eigenvalue weighted by Gasteiger charge is -2.20. The summed E-state index contributed by atoms with van der Waals surface area (Å²) in [5, 5.41) is 6.89. The van der Waals surface area contributed by atoms with Gasteiger partial charge < -0.3 is 20.3 Å². The maximum Gasteiger partial charge on any atom is 0.191 e. The molecule has 1 aliphatic rings. The Bertz CT molecular complexity index is 486. The van der Waals surface area contributed by atoms with Gasteiger partial charge in [0.05, 0.1) is 0 Å². The number of anilines is 1. The summed E-state index contributed by atoms with van der Waals surface area (Å²) in [5.74, 6) is 0.916. The zero-order valence-corrected chi connectivity index (χ0v) is 14.6. The predicted octanol–water partition coefficient (Wildman–Crippen LogP) is 2.17. The molecule has 23 heavy (non-hydrogen) atoms. The molecule has 0 saturated carbocycles. The molecule has 0 amide bonds. The summed E-state index contributed by atoms with van der Waals surface area (Å²) in [5.41, 5.74) is 2.61. The Morgan fingerprint density at radius 1 is 1.35 bits per heavy atom. The van der Waals surface area contributed by atoms with Crippen molar-refractivity contribution in [3.63, 3.8) is 0 Å². The average molecular weight is 318 g/mol. The van der Waals surface area contributed by atoms with Crippen LogP contribution in [0.3, 0.4) is 0 Å². The van der Waals surface area contributed by atoms with Crippen molar-refractivity contribution in [3.05, 3.63) is 29.8 Å². The van der Waals surface area contributed by atoms with Crippen LogP contribution in [0.1, 0.15) is 25.3 Å². The molecule has 0 radical (unpaired) electrons. The first-order valence-electron chi connectivity index (χ1n) is 8.58. The molecule has 2 N–H and O–H groups in total. The Labute approximate surface area is 140 Å². The van der Waals surface area contributed by atoms with Crippen molar-refractivity contribution in [2.24, 2.45) is 4.99 Å². The van der Waals surface area contributed by atoms with E-state index < -0.39 is 0 Å². The Balaban J connectivity index is 1.85. The van der Waals surface area contributed by atoms with Gasteiger partial charge >= 0.3 is 0 Å². The Hall–Kier alpha value is -1.75. The van der Waals surface area contributed by atoms with E-state index in [1.54, 1.807) is 7.11 Å². The normalized spacial score (nSPS) is 18.3. The molecule has 0 spiro atoms. The van der Waals surface area contributed by atoms with E-state index in [-0.39, 0.29) is 0 Å². The van der Waals surface area contributed by atoms with Gasteiger partial charge in [-0.1, -0.05) is 17.7 Å². The first-order valence-corrected chi connectivity index (χ1v) is 8.58. The SMILES string of the molecule is CCNC(=NCCCOC)NC1CCN(c2ccc(C)cc2)C1. The highest BCUT2D eigenvalue weighted by Crippen LogP contribution is 2.20. The number of aryl methyl sites for hydroxylation is 1. The number of methoxy groups -OCH3 is 1. The first-order chi connectivity index (χ1) is 11.2. The van der Waals surface area contributed by atoms with E-state index in [1.807, 2.05) is 0 Å². The first kappa shape index (κ1) is 17.6. The van der Waals surface area contributed by atoms with Crippen molar-refractivity contribution < 1.29 is 4.74 Å². The summed E-state index contributed by atoms with van der Waals surface area (Å²) in [7, 11) is 1.73. The molecule has 0 aliphatic carbocycles. The number of nitrogens with zero attached hydrogens (tertiary/aromatic N) is 2. The molecule has 1 heterocycles. The molecule has 0 bridgehead atoms. The van der Waals surface area contributed by atoms with Gasteiger partial charge in [0, 0.05) is 51.6 Å². The van der Waals surface area contributed by atoms with E-state index in [0.717, 1.165) is 51.6 Å². The Morgan fingerprint density at radius 2 is 2.13 bits per heavy atom. The lowest BCUT2D eigenvalue weighted by Crippen LogP contribution is -2.44. The maximum atomic E-state index is 5.07. The zero-order chi connectivity index (χ0) is 16.5. The quantitative estimate of drug-likeness (QED) is 0.459. The molecule has 1 aliphatic heterocycles. The second-order valence-corrected chi connectivity index (χ2v) is 6.02. The highest BCUT2D eigenvalue weighted by Gasteiger charge is 2.23. The molecule has 1 atom stereocenters. The van der Waals surface area contributed by atoms with E-state index in [4.69, 9.17) is 4.74 Å². The molecule has 128 valence electrons. The zero-order valence-electron chi connectivity index (χ0n) is 14.6. The van der Waals surface area contributed by atoms with Gasteiger partial charge in [0.25, 0.3) is 0 Å². The van der Waals surface area contributed by atoms with Crippen LogP contribution in [-0.4, -0.2) is 51.9 Å². The average Bonchev–Trinajstić information content (AvgIpc) is 3.01. The summed E-state index contributed by atoms with van der Waals surface area (Å²) in [6.45, 7) is 8.76. The largest absolute Gasteiger partial charge is 0.385 e. The fourth-order valence-electron chi connectivity index (χ4n) is 2.78. The van der Waals surface area contributed by atoms with E-state index in [2.05, 4.69) is 58.6 Å². The van der Waals surface area contributed by atoms with Crippen molar-refractivity contribution in [3.8, 4) is 0 Å². The number of hydrogen-bond acceptors (Lipinski definition) is 3. The van der Waals surface area contributed by atoms with E-state index in [0.29, 0.717) is 6.04 Å².